The van der Waals surface area contributed by atoms with Crippen LogP contribution in [0.2, 0.25) is 0 Å². The molecule has 0 heterocycles. The number of benzene rings is 2. The van der Waals surface area contributed by atoms with Crippen molar-refractivity contribution in [3.63, 3.8) is 0 Å². The molecule has 0 atom stereocenters. The lowest BCUT2D eigenvalue weighted by atomic mass is 10.1. The van der Waals surface area contributed by atoms with E-state index < -0.39 is 17.5 Å². The Labute approximate surface area is 116 Å². The summed E-state index contributed by atoms with van der Waals surface area (Å²) >= 11 is 0. The first-order chi connectivity index (χ1) is 9.66. The van der Waals surface area contributed by atoms with Crippen LogP contribution in [0.5, 0.6) is 0 Å². The molecule has 0 aromatic heterocycles. The molecule has 2 rings (SSSR count). The molecule has 0 saturated carbocycles. The first-order valence-corrected chi connectivity index (χ1v) is 6.59. The molecular formula is C16H16F3N. The second-order valence-corrected chi connectivity index (χ2v) is 4.62. The Hall–Kier alpha value is -1.97. The fourth-order valence-electron chi connectivity index (χ4n) is 2.01. The van der Waals surface area contributed by atoms with Crippen LogP contribution in [-0.4, -0.2) is 6.54 Å². The predicted molar refractivity (Wildman–Crippen MR) is 74.2 cm³/mol. The van der Waals surface area contributed by atoms with Gasteiger partial charge in [-0.2, -0.15) is 0 Å². The highest BCUT2D eigenvalue weighted by Crippen LogP contribution is 2.19. The quantitative estimate of drug-likeness (QED) is 0.604. The Balaban J connectivity index is 1.76. The zero-order valence-corrected chi connectivity index (χ0v) is 11.0. The maximum absolute atomic E-state index is 13.4. The molecule has 0 aliphatic carbocycles. The molecule has 0 aliphatic heterocycles. The summed E-state index contributed by atoms with van der Waals surface area (Å²) in [5.74, 6) is -2.98. The van der Waals surface area contributed by atoms with Crippen LogP contribution in [0.15, 0.2) is 42.5 Å². The fourth-order valence-corrected chi connectivity index (χ4v) is 2.01. The van der Waals surface area contributed by atoms with Gasteiger partial charge in [0.25, 0.3) is 0 Å². The van der Waals surface area contributed by atoms with Crippen LogP contribution in [0.4, 0.5) is 18.9 Å². The lowest BCUT2D eigenvalue weighted by Crippen LogP contribution is -2.05. The number of aryl methyl sites for hydroxylation is 1. The van der Waals surface area contributed by atoms with Crippen LogP contribution < -0.4 is 5.32 Å². The summed E-state index contributed by atoms with van der Waals surface area (Å²) in [6.07, 6.45) is 2.66. The molecule has 2 aromatic rings. The standard InChI is InChI=1S/C16H16F3N/c17-13-10-14(18)16(19)15(11-13)20-9-5-4-8-12-6-2-1-3-7-12/h1-3,6-7,10-11,20H,4-5,8-9H2. The molecule has 0 amide bonds. The third kappa shape index (κ3) is 4.02. The van der Waals surface area contributed by atoms with Gasteiger partial charge in [-0.3, -0.25) is 0 Å². The summed E-state index contributed by atoms with van der Waals surface area (Å²) in [6, 6.07) is 11.5. The average molecular weight is 279 g/mol. The van der Waals surface area contributed by atoms with Crippen molar-refractivity contribution < 1.29 is 13.2 Å². The van der Waals surface area contributed by atoms with Crippen LogP contribution >= 0.6 is 0 Å². The molecule has 0 aliphatic rings. The number of nitrogens with one attached hydrogen (secondary N) is 1. The topological polar surface area (TPSA) is 12.0 Å². The average Bonchev–Trinajstić information content (AvgIpc) is 2.44. The highest BCUT2D eigenvalue weighted by atomic mass is 19.2. The van der Waals surface area contributed by atoms with Gasteiger partial charge in [0.05, 0.1) is 5.69 Å². The number of unbranched alkanes of at least 4 members (excludes halogenated alkanes) is 1. The Bertz CT molecular complexity index is 555. The summed E-state index contributed by atoms with van der Waals surface area (Å²) in [6.45, 7) is 0.479. The number of halogens is 3. The summed E-state index contributed by atoms with van der Waals surface area (Å²) in [4.78, 5) is 0. The van der Waals surface area contributed by atoms with Crippen LogP contribution in [0.3, 0.4) is 0 Å². The van der Waals surface area contributed by atoms with Crippen molar-refractivity contribution in [3.8, 4) is 0 Å². The second kappa shape index (κ2) is 6.98. The molecule has 0 fully saturated rings. The molecule has 4 heteroatoms. The van der Waals surface area contributed by atoms with Gasteiger partial charge in [0.15, 0.2) is 11.6 Å². The van der Waals surface area contributed by atoms with Crippen molar-refractivity contribution in [2.75, 3.05) is 11.9 Å². The molecule has 20 heavy (non-hydrogen) atoms. The van der Waals surface area contributed by atoms with Gasteiger partial charge < -0.3 is 5.32 Å². The first-order valence-electron chi connectivity index (χ1n) is 6.59. The molecule has 106 valence electrons. The fraction of sp³-hybridized carbons (Fsp3) is 0.250. The van der Waals surface area contributed by atoms with Crippen molar-refractivity contribution in [3.05, 3.63) is 65.5 Å². The molecule has 0 bridgehead atoms. The van der Waals surface area contributed by atoms with Crippen LogP contribution in [0.25, 0.3) is 0 Å². The normalized spacial score (nSPS) is 10.6. The lowest BCUT2D eigenvalue weighted by molar-refractivity contribution is 0.497. The molecule has 2 aromatic carbocycles. The summed E-state index contributed by atoms with van der Waals surface area (Å²) in [5.41, 5.74) is 1.12. The lowest BCUT2D eigenvalue weighted by Gasteiger charge is -2.08. The maximum atomic E-state index is 13.4. The van der Waals surface area contributed by atoms with Gasteiger partial charge in [0.2, 0.25) is 0 Å². The Morgan fingerprint density at radius 1 is 0.900 bits per heavy atom. The van der Waals surface area contributed by atoms with E-state index in [1.807, 2.05) is 18.2 Å². The van der Waals surface area contributed by atoms with Gasteiger partial charge in [-0.05, 0) is 24.8 Å². The molecular weight excluding hydrogens is 263 g/mol. The minimum absolute atomic E-state index is 0.123. The zero-order chi connectivity index (χ0) is 14.4. The van der Waals surface area contributed by atoms with Crippen LogP contribution in [-0.2, 0) is 6.42 Å². The van der Waals surface area contributed by atoms with E-state index in [-0.39, 0.29) is 5.69 Å². The van der Waals surface area contributed by atoms with Crippen LogP contribution in [0.1, 0.15) is 18.4 Å². The Kier molecular flexibility index (Phi) is 5.04. The van der Waals surface area contributed by atoms with E-state index in [0.717, 1.165) is 25.3 Å². The van der Waals surface area contributed by atoms with E-state index in [0.29, 0.717) is 12.6 Å². The number of hydrogen-bond donors (Lipinski definition) is 1. The molecule has 0 unspecified atom stereocenters. The van der Waals surface area contributed by atoms with Gasteiger partial charge in [0.1, 0.15) is 5.82 Å². The summed E-state index contributed by atoms with van der Waals surface area (Å²) in [5, 5.41) is 2.73. The summed E-state index contributed by atoms with van der Waals surface area (Å²) in [7, 11) is 0. The zero-order valence-electron chi connectivity index (χ0n) is 11.0. The number of anilines is 1. The van der Waals surface area contributed by atoms with E-state index in [9.17, 15) is 13.2 Å². The molecule has 1 nitrogen and oxygen atoms in total. The second-order valence-electron chi connectivity index (χ2n) is 4.62. The number of hydrogen-bond acceptors (Lipinski definition) is 1. The van der Waals surface area contributed by atoms with Gasteiger partial charge in [0, 0.05) is 18.7 Å². The van der Waals surface area contributed by atoms with Crippen molar-refractivity contribution in [2.24, 2.45) is 0 Å². The molecule has 0 radical (unpaired) electrons. The third-order valence-corrected chi connectivity index (χ3v) is 3.04. The maximum Gasteiger partial charge on any atom is 0.182 e. The van der Waals surface area contributed by atoms with Crippen molar-refractivity contribution >= 4 is 5.69 Å². The largest absolute Gasteiger partial charge is 0.383 e. The van der Waals surface area contributed by atoms with Gasteiger partial charge in [-0.1, -0.05) is 30.3 Å². The Morgan fingerprint density at radius 3 is 2.40 bits per heavy atom. The van der Waals surface area contributed by atoms with Crippen molar-refractivity contribution in [1.29, 1.82) is 0 Å². The van der Waals surface area contributed by atoms with Crippen molar-refractivity contribution in [2.45, 2.75) is 19.3 Å². The molecule has 0 spiro atoms. The van der Waals surface area contributed by atoms with E-state index >= 15 is 0 Å². The smallest absolute Gasteiger partial charge is 0.182 e. The van der Waals surface area contributed by atoms with Gasteiger partial charge in [-0.15, -0.1) is 0 Å². The summed E-state index contributed by atoms with van der Waals surface area (Å²) < 4.78 is 39.3. The van der Waals surface area contributed by atoms with E-state index in [1.54, 1.807) is 0 Å². The monoisotopic (exact) mass is 279 g/mol. The van der Waals surface area contributed by atoms with E-state index in [4.69, 9.17) is 0 Å². The highest BCUT2D eigenvalue weighted by molar-refractivity contribution is 5.45. The van der Waals surface area contributed by atoms with E-state index in [2.05, 4.69) is 17.4 Å². The molecule has 1 N–H and O–H groups in total. The van der Waals surface area contributed by atoms with Gasteiger partial charge >= 0.3 is 0 Å². The van der Waals surface area contributed by atoms with Crippen LogP contribution in [0, 0.1) is 17.5 Å². The third-order valence-electron chi connectivity index (χ3n) is 3.04. The number of rotatable bonds is 6. The Morgan fingerprint density at radius 2 is 1.65 bits per heavy atom. The predicted octanol–water partition coefficient (Wildman–Crippen LogP) is 4.54. The minimum atomic E-state index is -1.17. The first kappa shape index (κ1) is 14.4. The SMILES string of the molecule is Fc1cc(F)c(F)c(NCCCCc2ccccc2)c1. The van der Waals surface area contributed by atoms with E-state index in [1.165, 1.54) is 5.56 Å². The minimum Gasteiger partial charge on any atom is -0.383 e. The highest BCUT2D eigenvalue weighted by Gasteiger charge is 2.10. The van der Waals surface area contributed by atoms with Crippen molar-refractivity contribution in [1.82, 2.24) is 0 Å². The van der Waals surface area contributed by atoms with Gasteiger partial charge in [-0.25, -0.2) is 13.2 Å². The molecule has 0 saturated heterocycles.